The Kier molecular flexibility index (Phi) is 10.9. The minimum atomic E-state index is -1.65. The Morgan fingerprint density at radius 1 is 0.824 bits per heavy atom. The van der Waals surface area contributed by atoms with Crippen molar-refractivity contribution in [3.63, 3.8) is 0 Å². The van der Waals surface area contributed by atoms with Gasteiger partial charge in [-0.3, -0.25) is 0 Å². The Morgan fingerprint density at radius 2 is 1.24 bits per heavy atom. The maximum Gasteiger partial charge on any atom is 0.280 e. The molecule has 3 nitrogen and oxygen atoms in total. The van der Waals surface area contributed by atoms with Gasteiger partial charge >= 0.3 is 0 Å². The van der Waals surface area contributed by atoms with Crippen LogP contribution < -0.4 is 0 Å². The van der Waals surface area contributed by atoms with E-state index in [0.717, 1.165) is 25.7 Å². The highest BCUT2D eigenvalue weighted by atomic mass is 16.8. The molecular weight excluding hydrogens is 216 g/mol. The van der Waals surface area contributed by atoms with Gasteiger partial charge in [-0.1, -0.05) is 52.4 Å². The van der Waals surface area contributed by atoms with Crippen LogP contribution in [-0.2, 0) is 9.47 Å². The van der Waals surface area contributed by atoms with E-state index in [9.17, 15) is 5.11 Å². The van der Waals surface area contributed by atoms with Crippen LogP contribution in [-0.4, -0.2) is 24.3 Å². The van der Waals surface area contributed by atoms with Crippen molar-refractivity contribution in [3.8, 4) is 0 Å². The van der Waals surface area contributed by atoms with Crippen LogP contribution in [0, 0.1) is 6.92 Å². The molecule has 0 saturated carbocycles. The molecule has 0 aliphatic heterocycles. The van der Waals surface area contributed by atoms with Gasteiger partial charge in [0.15, 0.2) is 0 Å². The van der Waals surface area contributed by atoms with Gasteiger partial charge in [0, 0.05) is 6.92 Å². The van der Waals surface area contributed by atoms with Crippen LogP contribution in [0.1, 0.15) is 65.2 Å². The molecule has 0 atom stereocenters. The summed E-state index contributed by atoms with van der Waals surface area (Å²) in [5, 5.41) is 9.67. The minimum absolute atomic E-state index is 0.509. The third-order valence-electron chi connectivity index (χ3n) is 2.65. The van der Waals surface area contributed by atoms with Gasteiger partial charge in [0.1, 0.15) is 0 Å². The Balaban J connectivity index is 3.38. The smallest absolute Gasteiger partial charge is 0.280 e. The molecule has 0 aromatic carbocycles. The van der Waals surface area contributed by atoms with E-state index in [1.54, 1.807) is 0 Å². The molecule has 0 fully saturated rings. The fourth-order valence-corrected chi connectivity index (χ4v) is 1.56. The second-order valence-corrected chi connectivity index (χ2v) is 4.53. The highest BCUT2D eigenvalue weighted by Crippen LogP contribution is 2.11. The van der Waals surface area contributed by atoms with E-state index in [0.29, 0.717) is 13.2 Å². The lowest BCUT2D eigenvalue weighted by atomic mass is 10.2. The summed E-state index contributed by atoms with van der Waals surface area (Å²) < 4.78 is 10.4. The summed E-state index contributed by atoms with van der Waals surface area (Å²) in [4.78, 5) is 0. The van der Waals surface area contributed by atoms with E-state index in [1.807, 2.05) is 0 Å². The summed E-state index contributed by atoms with van der Waals surface area (Å²) in [6, 6.07) is 0. The second kappa shape index (κ2) is 11.0. The lowest BCUT2D eigenvalue weighted by Crippen LogP contribution is -2.33. The molecule has 0 aliphatic rings. The molecule has 17 heavy (non-hydrogen) atoms. The van der Waals surface area contributed by atoms with Gasteiger partial charge in [-0.05, 0) is 12.8 Å². The van der Waals surface area contributed by atoms with Crippen molar-refractivity contribution in [2.75, 3.05) is 13.2 Å². The lowest BCUT2D eigenvalue weighted by molar-refractivity contribution is -0.330. The molecule has 1 radical (unpaired) electrons. The van der Waals surface area contributed by atoms with Crippen molar-refractivity contribution < 1.29 is 14.6 Å². The molecule has 0 amide bonds. The van der Waals surface area contributed by atoms with Crippen LogP contribution in [0.15, 0.2) is 0 Å². The zero-order valence-corrected chi connectivity index (χ0v) is 11.5. The molecule has 0 aromatic heterocycles. The largest absolute Gasteiger partial charge is 0.343 e. The molecule has 103 valence electrons. The molecule has 0 heterocycles. The van der Waals surface area contributed by atoms with Crippen LogP contribution in [0.25, 0.3) is 0 Å². The van der Waals surface area contributed by atoms with Crippen LogP contribution >= 0.6 is 0 Å². The minimum Gasteiger partial charge on any atom is -0.343 e. The van der Waals surface area contributed by atoms with Crippen molar-refractivity contribution in [2.24, 2.45) is 0 Å². The second-order valence-electron chi connectivity index (χ2n) is 4.53. The molecule has 0 rings (SSSR count). The Hall–Kier alpha value is -0.120. The van der Waals surface area contributed by atoms with Crippen LogP contribution in [0.5, 0.6) is 0 Å². The van der Waals surface area contributed by atoms with E-state index in [1.165, 1.54) is 25.7 Å². The van der Waals surface area contributed by atoms with E-state index >= 15 is 0 Å². The first-order chi connectivity index (χ1) is 8.12. The maximum atomic E-state index is 9.67. The molecule has 0 aromatic rings. The van der Waals surface area contributed by atoms with Gasteiger partial charge < -0.3 is 14.6 Å². The van der Waals surface area contributed by atoms with E-state index in [2.05, 4.69) is 20.8 Å². The molecule has 3 heteroatoms. The number of hydrogen-bond donors (Lipinski definition) is 1. The molecule has 1 N–H and O–H groups in total. The third-order valence-corrected chi connectivity index (χ3v) is 2.65. The van der Waals surface area contributed by atoms with Crippen molar-refractivity contribution in [3.05, 3.63) is 6.92 Å². The van der Waals surface area contributed by atoms with Gasteiger partial charge in [-0.2, -0.15) is 0 Å². The molecule has 0 spiro atoms. The Morgan fingerprint density at radius 3 is 1.59 bits per heavy atom. The average molecular weight is 245 g/mol. The number of ether oxygens (including phenoxy) is 2. The number of hydrogen-bond acceptors (Lipinski definition) is 3. The van der Waals surface area contributed by atoms with Gasteiger partial charge in [0.2, 0.25) is 0 Å². The summed E-state index contributed by atoms with van der Waals surface area (Å²) in [5.41, 5.74) is 0. The molecule has 0 unspecified atom stereocenters. The first kappa shape index (κ1) is 16.9. The van der Waals surface area contributed by atoms with Gasteiger partial charge in [0.05, 0.1) is 13.2 Å². The van der Waals surface area contributed by atoms with Gasteiger partial charge in [0.25, 0.3) is 5.97 Å². The van der Waals surface area contributed by atoms with E-state index < -0.39 is 5.97 Å². The monoisotopic (exact) mass is 245 g/mol. The van der Waals surface area contributed by atoms with E-state index in [4.69, 9.17) is 9.47 Å². The first-order valence-electron chi connectivity index (χ1n) is 6.98. The van der Waals surface area contributed by atoms with E-state index in [-0.39, 0.29) is 0 Å². The highest BCUT2D eigenvalue weighted by Gasteiger charge is 2.21. The fraction of sp³-hybridized carbons (Fsp3) is 0.929. The van der Waals surface area contributed by atoms with Crippen molar-refractivity contribution >= 4 is 0 Å². The summed E-state index contributed by atoms with van der Waals surface area (Å²) in [6.07, 6.45) is 8.96. The number of aliphatic hydroxyl groups is 1. The van der Waals surface area contributed by atoms with Gasteiger partial charge in [-0.15, -0.1) is 0 Å². The fourth-order valence-electron chi connectivity index (χ4n) is 1.56. The zero-order chi connectivity index (χ0) is 13.0. The number of unbranched alkanes of at least 4 members (excludes halogenated alkanes) is 6. The molecular formula is C14H29O3. The maximum absolute atomic E-state index is 9.67. The summed E-state index contributed by atoms with van der Waals surface area (Å²) in [7, 11) is 0. The Labute approximate surface area is 107 Å². The van der Waals surface area contributed by atoms with Crippen LogP contribution in [0.2, 0.25) is 0 Å². The molecule has 0 aliphatic carbocycles. The van der Waals surface area contributed by atoms with Crippen LogP contribution in [0.4, 0.5) is 0 Å². The quantitative estimate of drug-likeness (QED) is 0.421. The average Bonchev–Trinajstić information content (AvgIpc) is 2.28. The molecule has 0 saturated heterocycles. The topological polar surface area (TPSA) is 38.7 Å². The lowest BCUT2D eigenvalue weighted by Gasteiger charge is -2.23. The summed E-state index contributed by atoms with van der Waals surface area (Å²) in [6.45, 7) is 8.86. The standard InChI is InChI=1S/C14H29O3/c1-4-6-8-10-12-16-14(3,15)17-13-11-9-7-5-2/h15H,3-13H2,1-2H3. The SMILES string of the molecule is [CH2]C(O)(OCCCCCC)OCCCCCC. The van der Waals surface area contributed by atoms with Crippen LogP contribution in [0.3, 0.4) is 0 Å². The predicted molar refractivity (Wildman–Crippen MR) is 70.5 cm³/mol. The summed E-state index contributed by atoms with van der Waals surface area (Å²) >= 11 is 0. The Bertz CT molecular complexity index is 142. The normalized spacial score (nSPS) is 12.0. The summed E-state index contributed by atoms with van der Waals surface area (Å²) in [5.74, 6) is -1.65. The first-order valence-corrected chi connectivity index (χ1v) is 6.98. The van der Waals surface area contributed by atoms with Crippen molar-refractivity contribution in [1.29, 1.82) is 0 Å². The molecule has 0 bridgehead atoms. The van der Waals surface area contributed by atoms with Gasteiger partial charge in [-0.25, -0.2) is 0 Å². The highest BCUT2D eigenvalue weighted by molar-refractivity contribution is 4.56. The van der Waals surface area contributed by atoms with Crippen molar-refractivity contribution in [2.45, 2.75) is 71.2 Å². The zero-order valence-electron chi connectivity index (χ0n) is 11.5. The third kappa shape index (κ3) is 12.1. The van der Waals surface area contributed by atoms with Crippen molar-refractivity contribution in [1.82, 2.24) is 0 Å². The number of rotatable bonds is 12. The predicted octanol–water partition coefficient (Wildman–Crippen LogP) is 3.66.